The van der Waals surface area contributed by atoms with Crippen molar-refractivity contribution in [3.8, 4) is 0 Å². The van der Waals surface area contributed by atoms with Crippen molar-refractivity contribution in [2.24, 2.45) is 0 Å². The van der Waals surface area contributed by atoms with Crippen LogP contribution in [0.3, 0.4) is 0 Å². The molecule has 0 aliphatic heterocycles. The van der Waals surface area contributed by atoms with Crippen molar-refractivity contribution in [2.75, 3.05) is 12.4 Å². The Balaban J connectivity index is 2.11. The Morgan fingerprint density at radius 2 is 2.12 bits per heavy atom. The van der Waals surface area contributed by atoms with Crippen molar-refractivity contribution < 1.29 is 4.42 Å². The summed E-state index contributed by atoms with van der Waals surface area (Å²) in [5.41, 5.74) is 0.961. The van der Waals surface area contributed by atoms with Crippen LogP contribution in [-0.2, 0) is 6.54 Å². The summed E-state index contributed by atoms with van der Waals surface area (Å²) in [4.78, 5) is 0. The van der Waals surface area contributed by atoms with Gasteiger partial charge in [0.15, 0.2) is 0 Å². The first-order valence-electron chi connectivity index (χ1n) is 4.78. The SMILES string of the molecule is CNCc1nnc(Nc2ccccc2I)o1. The average molecular weight is 330 g/mol. The van der Waals surface area contributed by atoms with Crippen molar-refractivity contribution in [1.29, 1.82) is 0 Å². The normalized spacial score (nSPS) is 10.4. The molecule has 1 aromatic heterocycles. The Hall–Kier alpha value is -1.15. The summed E-state index contributed by atoms with van der Waals surface area (Å²) < 4.78 is 6.49. The van der Waals surface area contributed by atoms with Crippen molar-refractivity contribution >= 4 is 34.3 Å². The Morgan fingerprint density at radius 3 is 2.88 bits per heavy atom. The van der Waals surface area contributed by atoms with Gasteiger partial charge in [0.25, 0.3) is 0 Å². The maximum Gasteiger partial charge on any atom is 0.320 e. The molecule has 0 fully saturated rings. The maximum absolute atomic E-state index is 5.38. The van der Waals surface area contributed by atoms with E-state index in [0.29, 0.717) is 18.5 Å². The Kier molecular flexibility index (Phi) is 3.73. The first kappa shape index (κ1) is 11.3. The summed E-state index contributed by atoms with van der Waals surface area (Å²) in [5, 5.41) is 13.8. The molecule has 0 bridgehead atoms. The second-order valence-electron chi connectivity index (χ2n) is 3.14. The van der Waals surface area contributed by atoms with Crippen LogP contribution in [0.2, 0.25) is 0 Å². The van der Waals surface area contributed by atoms with Gasteiger partial charge in [-0.3, -0.25) is 0 Å². The van der Waals surface area contributed by atoms with Crippen molar-refractivity contribution in [3.05, 3.63) is 33.7 Å². The third-order valence-electron chi connectivity index (χ3n) is 1.91. The molecular formula is C10H11IN4O. The highest BCUT2D eigenvalue weighted by Gasteiger charge is 2.06. The second-order valence-corrected chi connectivity index (χ2v) is 4.30. The van der Waals surface area contributed by atoms with E-state index < -0.39 is 0 Å². The number of nitrogens with one attached hydrogen (secondary N) is 2. The summed E-state index contributed by atoms with van der Waals surface area (Å²) in [5.74, 6) is 0.566. The minimum absolute atomic E-state index is 0.411. The lowest BCUT2D eigenvalue weighted by Crippen LogP contribution is -2.04. The Morgan fingerprint density at radius 1 is 1.31 bits per heavy atom. The highest BCUT2D eigenvalue weighted by Crippen LogP contribution is 2.21. The van der Waals surface area contributed by atoms with Gasteiger partial charge < -0.3 is 15.1 Å². The molecule has 2 rings (SSSR count). The zero-order valence-electron chi connectivity index (χ0n) is 8.70. The fourth-order valence-electron chi connectivity index (χ4n) is 1.20. The standard InChI is InChI=1S/C10H11IN4O/c1-12-6-9-14-15-10(16-9)13-8-5-3-2-4-7(8)11/h2-5,12H,6H2,1H3,(H,13,15). The van der Waals surface area contributed by atoms with Crippen LogP contribution in [0.5, 0.6) is 0 Å². The van der Waals surface area contributed by atoms with Crippen molar-refractivity contribution in [1.82, 2.24) is 15.5 Å². The van der Waals surface area contributed by atoms with Gasteiger partial charge in [-0.25, -0.2) is 0 Å². The Labute approximate surface area is 107 Å². The molecule has 1 aromatic carbocycles. The molecule has 5 nitrogen and oxygen atoms in total. The van der Waals surface area contributed by atoms with Crippen molar-refractivity contribution in [3.63, 3.8) is 0 Å². The molecule has 2 aromatic rings. The number of hydrogen-bond acceptors (Lipinski definition) is 5. The molecule has 2 N–H and O–H groups in total. The maximum atomic E-state index is 5.38. The summed E-state index contributed by atoms with van der Waals surface area (Å²) >= 11 is 2.25. The quantitative estimate of drug-likeness (QED) is 0.841. The van der Waals surface area contributed by atoms with Crippen LogP contribution >= 0.6 is 22.6 Å². The Bertz CT molecular complexity index is 471. The van der Waals surface area contributed by atoms with Gasteiger partial charge in [-0.05, 0) is 41.8 Å². The number of benzene rings is 1. The molecule has 1 heterocycles. The summed E-state index contributed by atoms with van der Waals surface area (Å²) in [6, 6.07) is 8.31. The van der Waals surface area contributed by atoms with E-state index in [-0.39, 0.29) is 0 Å². The molecular weight excluding hydrogens is 319 g/mol. The van der Waals surface area contributed by atoms with Crippen LogP contribution in [-0.4, -0.2) is 17.2 Å². The zero-order chi connectivity index (χ0) is 11.4. The molecule has 16 heavy (non-hydrogen) atoms. The number of rotatable bonds is 4. The summed E-state index contributed by atoms with van der Waals surface area (Å²) in [6.07, 6.45) is 0. The third kappa shape index (κ3) is 2.70. The topological polar surface area (TPSA) is 63.0 Å². The van der Waals surface area contributed by atoms with Crippen molar-refractivity contribution in [2.45, 2.75) is 6.54 Å². The lowest BCUT2D eigenvalue weighted by molar-refractivity contribution is 0.493. The molecule has 0 amide bonds. The predicted molar refractivity (Wildman–Crippen MR) is 69.5 cm³/mol. The minimum Gasteiger partial charge on any atom is -0.406 e. The van der Waals surface area contributed by atoms with Crippen LogP contribution < -0.4 is 10.6 Å². The van der Waals surface area contributed by atoms with Crippen LogP contribution in [0.25, 0.3) is 0 Å². The largest absolute Gasteiger partial charge is 0.406 e. The number of para-hydroxylation sites is 1. The van der Waals surface area contributed by atoms with Gasteiger partial charge in [0.2, 0.25) is 5.89 Å². The second kappa shape index (κ2) is 5.26. The van der Waals surface area contributed by atoms with E-state index in [0.717, 1.165) is 9.26 Å². The molecule has 84 valence electrons. The third-order valence-corrected chi connectivity index (χ3v) is 2.85. The monoisotopic (exact) mass is 330 g/mol. The van der Waals surface area contributed by atoms with E-state index in [1.807, 2.05) is 31.3 Å². The number of halogens is 1. The zero-order valence-corrected chi connectivity index (χ0v) is 10.9. The van der Waals surface area contributed by atoms with Crippen LogP contribution in [0.1, 0.15) is 5.89 Å². The average Bonchev–Trinajstić information content (AvgIpc) is 2.70. The minimum atomic E-state index is 0.411. The summed E-state index contributed by atoms with van der Waals surface area (Å²) in [7, 11) is 1.83. The van der Waals surface area contributed by atoms with Gasteiger partial charge in [0.05, 0.1) is 12.2 Å². The van der Waals surface area contributed by atoms with Gasteiger partial charge >= 0.3 is 6.01 Å². The highest BCUT2D eigenvalue weighted by molar-refractivity contribution is 14.1. The van der Waals surface area contributed by atoms with E-state index in [1.54, 1.807) is 0 Å². The van der Waals surface area contributed by atoms with Crippen LogP contribution in [0.4, 0.5) is 11.7 Å². The smallest absolute Gasteiger partial charge is 0.320 e. The fourth-order valence-corrected chi connectivity index (χ4v) is 1.73. The summed E-state index contributed by atoms with van der Waals surface area (Å²) in [6.45, 7) is 0.570. The number of hydrogen-bond donors (Lipinski definition) is 2. The molecule has 0 unspecified atom stereocenters. The predicted octanol–water partition coefficient (Wildman–Crippen LogP) is 2.14. The number of anilines is 2. The number of aromatic nitrogens is 2. The fraction of sp³-hybridized carbons (Fsp3) is 0.200. The molecule has 0 atom stereocenters. The highest BCUT2D eigenvalue weighted by atomic mass is 127. The first-order chi connectivity index (χ1) is 7.79. The molecule has 0 saturated carbocycles. The lowest BCUT2D eigenvalue weighted by atomic mass is 10.3. The van der Waals surface area contributed by atoms with Gasteiger partial charge in [0, 0.05) is 3.57 Å². The van der Waals surface area contributed by atoms with E-state index in [1.165, 1.54) is 0 Å². The first-order valence-corrected chi connectivity index (χ1v) is 5.86. The number of nitrogens with zero attached hydrogens (tertiary/aromatic N) is 2. The molecule has 0 aliphatic rings. The van der Waals surface area contributed by atoms with Gasteiger partial charge in [0.1, 0.15) is 0 Å². The van der Waals surface area contributed by atoms with Gasteiger partial charge in [-0.1, -0.05) is 17.2 Å². The lowest BCUT2D eigenvalue weighted by Gasteiger charge is -2.02. The van der Waals surface area contributed by atoms with E-state index in [2.05, 4.69) is 43.4 Å². The van der Waals surface area contributed by atoms with Gasteiger partial charge in [-0.2, -0.15) is 0 Å². The van der Waals surface area contributed by atoms with Crippen LogP contribution in [0.15, 0.2) is 28.7 Å². The van der Waals surface area contributed by atoms with E-state index >= 15 is 0 Å². The molecule has 0 radical (unpaired) electrons. The van der Waals surface area contributed by atoms with E-state index in [9.17, 15) is 0 Å². The van der Waals surface area contributed by atoms with E-state index in [4.69, 9.17) is 4.42 Å². The molecule has 0 aliphatic carbocycles. The molecule has 6 heteroatoms. The molecule has 0 saturated heterocycles. The van der Waals surface area contributed by atoms with Gasteiger partial charge in [-0.15, -0.1) is 5.10 Å². The van der Waals surface area contributed by atoms with Crippen LogP contribution in [0, 0.1) is 3.57 Å². The molecule has 0 spiro atoms.